The number of amides is 1. The average molecular weight is 608 g/mol. The maximum absolute atomic E-state index is 14.1. The van der Waals surface area contributed by atoms with Gasteiger partial charge in [-0.15, -0.1) is 0 Å². The monoisotopic (exact) mass is 607 g/mol. The zero-order valence-corrected chi connectivity index (χ0v) is 25.1. The van der Waals surface area contributed by atoms with Gasteiger partial charge in [0.1, 0.15) is 6.04 Å². The quantitative estimate of drug-likeness (QED) is 0.310. The third-order valence-corrected chi connectivity index (χ3v) is 9.95. The molecule has 0 saturated carbocycles. The molecule has 1 aliphatic heterocycles. The third-order valence-electron chi connectivity index (χ3n) is 7.42. The Kier molecular flexibility index (Phi) is 8.48. The number of likely N-dealkylation sites (N-methyl/N-ethyl adjacent to an activating group) is 1. The van der Waals surface area contributed by atoms with Gasteiger partial charge in [-0.1, -0.05) is 42.5 Å². The number of fused-ring (bicyclic) bond motifs is 1. The van der Waals surface area contributed by atoms with Crippen molar-refractivity contribution in [2.24, 2.45) is 0 Å². The van der Waals surface area contributed by atoms with Gasteiger partial charge in [0.25, 0.3) is 0 Å². The fourth-order valence-corrected chi connectivity index (χ4v) is 7.28. The Labute approximate surface area is 246 Å². The number of aromatic nitrogens is 1. The summed E-state index contributed by atoms with van der Waals surface area (Å²) in [5, 5.41) is 1.21. The van der Waals surface area contributed by atoms with E-state index in [1.165, 1.54) is 7.05 Å². The number of carbonyl (C=O) groups excluding carboxylic acids is 1. The van der Waals surface area contributed by atoms with Gasteiger partial charge in [-0.25, -0.2) is 16.8 Å². The van der Waals surface area contributed by atoms with E-state index in [4.69, 9.17) is 0 Å². The highest BCUT2D eigenvalue weighted by molar-refractivity contribution is 7.92. The first-order valence-corrected chi connectivity index (χ1v) is 16.8. The number of nitrogens with one attached hydrogen (secondary N) is 1. The molecular formula is C30H33N5O5S2. The second kappa shape index (κ2) is 12.1. The van der Waals surface area contributed by atoms with Crippen molar-refractivity contribution in [3.8, 4) is 0 Å². The summed E-state index contributed by atoms with van der Waals surface area (Å²) in [5.41, 5.74) is 2.15. The molecule has 1 aromatic heterocycles. The van der Waals surface area contributed by atoms with E-state index in [1.807, 2.05) is 30.3 Å². The first kappa shape index (κ1) is 29.5. The van der Waals surface area contributed by atoms with E-state index in [2.05, 4.69) is 14.6 Å². The van der Waals surface area contributed by atoms with Gasteiger partial charge in [0, 0.05) is 67.8 Å². The van der Waals surface area contributed by atoms with Crippen molar-refractivity contribution in [3.05, 3.63) is 96.8 Å². The number of nitrogens with zero attached hydrogens (tertiary/aromatic N) is 4. The molecule has 10 nitrogen and oxygen atoms in total. The molecule has 1 atom stereocenters. The van der Waals surface area contributed by atoms with Gasteiger partial charge in [0.15, 0.2) is 0 Å². The van der Waals surface area contributed by atoms with E-state index in [1.54, 1.807) is 65.8 Å². The number of carbonyl (C=O) groups is 1. The molecule has 2 heterocycles. The van der Waals surface area contributed by atoms with Crippen molar-refractivity contribution in [2.45, 2.75) is 17.4 Å². The van der Waals surface area contributed by atoms with Crippen LogP contribution in [-0.2, 0) is 31.3 Å². The molecule has 1 aliphatic rings. The molecule has 1 N–H and O–H groups in total. The zero-order valence-electron chi connectivity index (χ0n) is 23.4. The lowest BCUT2D eigenvalue weighted by Crippen LogP contribution is -2.56. The minimum Gasteiger partial charge on any atom is -0.368 e. The van der Waals surface area contributed by atoms with E-state index in [0.717, 1.165) is 16.2 Å². The maximum Gasteiger partial charge on any atom is 0.244 e. The molecule has 3 aromatic carbocycles. The third kappa shape index (κ3) is 6.56. The predicted octanol–water partition coefficient (Wildman–Crippen LogP) is 3.19. The van der Waals surface area contributed by atoms with Crippen LogP contribution in [0.2, 0.25) is 0 Å². The first-order chi connectivity index (χ1) is 20.0. The predicted molar refractivity (Wildman–Crippen MR) is 164 cm³/mol. The number of hydrogen-bond acceptors (Lipinski definition) is 7. The summed E-state index contributed by atoms with van der Waals surface area (Å²) in [7, 11) is -6.11. The van der Waals surface area contributed by atoms with Crippen LogP contribution in [0.1, 0.15) is 5.56 Å². The number of pyridine rings is 1. The molecule has 0 aliphatic carbocycles. The Morgan fingerprint density at radius 1 is 0.905 bits per heavy atom. The first-order valence-electron chi connectivity index (χ1n) is 13.5. The number of sulfonamides is 2. The van der Waals surface area contributed by atoms with Crippen LogP contribution < -0.4 is 9.62 Å². The van der Waals surface area contributed by atoms with Gasteiger partial charge in [-0.2, -0.15) is 4.31 Å². The lowest BCUT2D eigenvalue weighted by molar-refractivity contribution is -0.135. The summed E-state index contributed by atoms with van der Waals surface area (Å²) in [5.74, 6) is -0.283. The molecular weight excluding hydrogens is 574 g/mol. The Hall–Kier alpha value is -4.00. The number of hydrogen-bond donors (Lipinski definition) is 1. The molecule has 4 aromatic rings. The summed E-state index contributed by atoms with van der Waals surface area (Å²) >= 11 is 0. The van der Waals surface area contributed by atoms with Crippen molar-refractivity contribution in [3.63, 3.8) is 0 Å². The molecule has 42 heavy (non-hydrogen) atoms. The van der Waals surface area contributed by atoms with Crippen LogP contribution in [0, 0.1) is 0 Å². The van der Waals surface area contributed by atoms with Crippen molar-refractivity contribution in [1.82, 2.24) is 14.2 Å². The summed E-state index contributed by atoms with van der Waals surface area (Å²) in [6, 6.07) is 22.2. The van der Waals surface area contributed by atoms with Crippen LogP contribution in [0.5, 0.6) is 0 Å². The van der Waals surface area contributed by atoms with E-state index in [-0.39, 0.29) is 17.2 Å². The SMILES string of the molecule is CN(C(Cc1ccc(NS(C)(=O)=O)cc1)C(=O)N1CCN(c2ccccc2)CC1)S(=O)(=O)c1cccc2cnccc12. The van der Waals surface area contributed by atoms with Crippen molar-refractivity contribution in [2.75, 3.05) is 49.1 Å². The smallest absolute Gasteiger partial charge is 0.244 e. The largest absolute Gasteiger partial charge is 0.368 e. The van der Waals surface area contributed by atoms with E-state index in [0.29, 0.717) is 48.2 Å². The topological polar surface area (TPSA) is 120 Å². The molecule has 12 heteroatoms. The molecule has 1 fully saturated rings. The van der Waals surface area contributed by atoms with Gasteiger partial charge in [-0.05, 0) is 48.4 Å². The molecule has 1 unspecified atom stereocenters. The van der Waals surface area contributed by atoms with Crippen molar-refractivity contribution in [1.29, 1.82) is 0 Å². The maximum atomic E-state index is 14.1. The van der Waals surface area contributed by atoms with Crippen LogP contribution in [0.3, 0.4) is 0 Å². The van der Waals surface area contributed by atoms with Crippen molar-refractivity contribution >= 4 is 48.1 Å². The number of piperazine rings is 1. The molecule has 1 saturated heterocycles. The second-order valence-corrected chi connectivity index (χ2v) is 14.0. The Morgan fingerprint density at radius 2 is 1.60 bits per heavy atom. The van der Waals surface area contributed by atoms with Gasteiger partial charge in [0.05, 0.1) is 11.2 Å². The fraction of sp³-hybridized carbons (Fsp3) is 0.267. The number of para-hydroxylation sites is 1. The normalized spacial score (nSPS) is 15.1. The van der Waals surface area contributed by atoms with Gasteiger partial charge >= 0.3 is 0 Å². The lowest BCUT2D eigenvalue weighted by Gasteiger charge is -2.39. The second-order valence-electron chi connectivity index (χ2n) is 10.3. The molecule has 1 amide bonds. The minimum atomic E-state index is -4.10. The van der Waals surface area contributed by atoms with Gasteiger partial charge in [-0.3, -0.25) is 14.5 Å². The number of anilines is 2. The minimum absolute atomic E-state index is 0.101. The Balaban J connectivity index is 1.44. The van der Waals surface area contributed by atoms with Gasteiger partial charge < -0.3 is 9.80 Å². The molecule has 0 radical (unpaired) electrons. The Morgan fingerprint density at radius 3 is 2.26 bits per heavy atom. The summed E-state index contributed by atoms with van der Waals surface area (Å²) in [6.45, 7) is 2.16. The zero-order chi connectivity index (χ0) is 29.9. The van der Waals surface area contributed by atoms with Crippen molar-refractivity contribution < 1.29 is 21.6 Å². The van der Waals surface area contributed by atoms with Gasteiger partial charge in [0.2, 0.25) is 26.0 Å². The van der Waals surface area contributed by atoms with Crippen LogP contribution in [0.15, 0.2) is 96.2 Å². The Bertz CT molecular complexity index is 1770. The van der Waals surface area contributed by atoms with E-state index in [9.17, 15) is 21.6 Å². The molecule has 5 rings (SSSR count). The van der Waals surface area contributed by atoms with Crippen LogP contribution in [0.4, 0.5) is 11.4 Å². The van der Waals surface area contributed by atoms with Crippen LogP contribution in [-0.4, -0.2) is 82.5 Å². The number of benzene rings is 3. The summed E-state index contributed by atoms with van der Waals surface area (Å²) < 4.78 is 55.0. The van der Waals surface area contributed by atoms with Crippen LogP contribution in [0.25, 0.3) is 10.8 Å². The molecule has 220 valence electrons. The molecule has 0 bridgehead atoms. The van der Waals surface area contributed by atoms with E-state index >= 15 is 0 Å². The van der Waals surface area contributed by atoms with E-state index < -0.39 is 26.1 Å². The fourth-order valence-electron chi connectivity index (χ4n) is 5.19. The number of rotatable bonds is 9. The standard InChI is InChI=1S/C30H33N5O5S2/c1-33(42(39,40)29-10-6-7-24-22-31-16-15-27(24)29)28(21-23-11-13-25(14-12-23)32-41(2,37)38)30(36)35-19-17-34(18-20-35)26-8-4-3-5-9-26/h3-16,22,28,32H,17-21H2,1-2H3. The highest BCUT2D eigenvalue weighted by Gasteiger charge is 2.37. The highest BCUT2D eigenvalue weighted by Crippen LogP contribution is 2.28. The van der Waals surface area contributed by atoms with Crippen LogP contribution >= 0.6 is 0 Å². The lowest BCUT2D eigenvalue weighted by atomic mass is 10.0. The highest BCUT2D eigenvalue weighted by atomic mass is 32.2. The summed E-state index contributed by atoms with van der Waals surface area (Å²) in [6.07, 6.45) is 4.33. The molecule has 0 spiro atoms. The average Bonchev–Trinajstić information content (AvgIpc) is 2.99. The summed E-state index contributed by atoms with van der Waals surface area (Å²) in [4.78, 5) is 22.2.